The van der Waals surface area contributed by atoms with Crippen LogP contribution < -0.4 is 16.6 Å². The smallest absolute Gasteiger partial charge is 0.191 e. The summed E-state index contributed by atoms with van der Waals surface area (Å²) in [5.74, 6) is 6.75. The third-order valence-corrected chi connectivity index (χ3v) is 3.05. The van der Waals surface area contributed by atoms with Gasteiger partial charge in [-0.15, -0.1) is 0 Å². The van der Waals surface area contributed by atoms with E-state index in [0.29, 0.717) is 11.0 Å². The minimum Gasteiger partial charge on any atom is -0.370 e. The predicted molar refractivity (Wildman–Crippen MR) is 78.1 cm³/mol. The highest BCUT2D eigenvalue weighted by Gasteiger charge is 2.02. The molecule has 0 aliphatic carbocycles. The fourth-order valence-electron chi connectivity index (χ4n) is 1.57. The van der Waals surface area contributed by atoms with Crippen molar-refractivity contribution in [2.45, 2.75) is 11.6 Å². The van der Waals surface area contributed by atoms with Gasteiger partial charge in [0.15, 0.2) is 5.16 Å². The minimum atomic E-state index is 0.603. The van der Waals surface area contributed by atoms with E-state index in [2.05, 4.69) is 25.7 Å². The van der Waals surface area contributed by atoms with Crippen molar-refractivity contribution in [3.63, 3.8) is 0 Å². The average Bonchev–Trinajstić information content (AvgIpc) is 2.48. The average molecular weight is 276 g/mol. The highest BCUT2D eigenvalue weighted by Crippen LogP contribution is 2.16. The van der Waals surface area contributed by atoms with Crippen LogP contribution >= 0.6 is 11.8 Å². The zero-order chi connectivity index (χ0) is 13.5. The monoisotopic (exact) mass is 276 g/mol. The molecule has 0 saturated carbocycles. The molecule has 0 spiro atoms. The Kier molecular flexibility index (Phi) is 4.93. The molecule has 0 atom stereocenters. The topological polar surface area (TPSA) is 88.8 Å². The number of nitrogen functional groups attached to an aromatic ring is 1. The molecule has 0 unspecified atom stereocenters. The van der Waals surface area contributed by atoms with E-state index in [-0.39, 0.29) is 0 Å². The Balaban J connectivity index is 1.95. The molecular formula is C12H16N6S. The summed E-state index contributed by atoms with van der Waals surface area (Å²) in [6.07, 6.45) is 6.42. The van der Waals surface area contributed by atoms with Crippen LogP contribution in [0.25, 0.3) is 0 Å². The maximum atomic E-state index is 5.38. The SMILES string of the molecule is CSc1nc(NN)cc(NCCc2ccncc2)n1. The van der Waals surface area contributed by atoms with Crippen molar-refractivity contribution in [2.24, 2.45) is 5.84 Å². The first-order chi connectivity index (χ1) is 9.31. The lowest BCUT2D eigenvalue weighted by atomic mass is 10.2. The van der Waals surface area contributed by atoms with Crippen molar-refractivity contribution in [3.05, 3.63) is 36.2 Å². The molecule has 0 amide bonds. The third kappa shape index (κ3) is 4.08. The number of nitrogens with one attached hydrogen (secondary N) is 2. The van der Waals surface area contributed by atoms with E-state index in [9.17, 15) is 0 Å². The molecule has 2 rings (SSSR count). The van der Waals surface area contributed by atoms with Gasteiger partial charge in [-0.05, 0) is 30.4 Å². The molecule has 0 fully saturated rings. The number of hydrogen-bond donors (Lipinski definition) is 3. The Bertz CT molecular complexity index is 497. The molecule has 0 aliphatic heterocycles. The molecule has 0 radical (unpaired) electrons. The van der Waals surface area contributed by atoms with Crippen molar-refractivity contribution < 1.29 is 0 Å². The Morgan fingerprint density at radius 1 is 1.21 bits per heavy atom. The van der Waals surface area contributed by atoms with Crippen LogP contribution in [0.15, 0.2) is 35.7 Å². The number of anilines is 2. The van der Waals surface area contributed by atoms with Gasteiger partial charge < -0.3 is 10.7 Å². The van der Waals surface area contributed by atoms with Gasteiger partial charge in [-0.1, -0.05) is 11.8 Å². The van der Waals surface area contributed by atoms with E-state index in [0.717, 1.165) is 18.8 Å². The number of nitrogens with zero attached hydrogens (tertiary/aromatic N) is 3. The number of hydrogen-bond acceptors (Lipinski definition) is 7. The molecule has 0 bridgehead atoms. The highest BCUT2D eigenvalue weighted by molar-refractivity contribution is 7.98. The number of aromatic nitrogens is 3. The van der Waals surface area contributed by atoms with Crippen molar-refractivity contribution in [2.75, 3.05) is 23.5 Å². The van der Waals surface area contributed by atoms with Crippen LogP contribution in [0.5, 0.6) is 0 Å². The van der Waals surface area contributed by atoms with Crippen LogP contribution in [-0.2, 0) is 6.42 Å². The zero-order valence-corrected chi connectivity index (χ0v) is 11.4. The molecule has 0 saturated heterocycles. The van der Waals surface area contributed by atoms with Crippen molar-refractivity contribution in [3.8, 4) is 0 Å². The first-order valence-corrected chi connectivity index (χ1v) is 7.07. The summed E-state index contributed by atoms with van der Waals surface area (Å²) in [7, 11) is 0. The van der Waals surface area contributed by atoms with E-state index >= 15 is 0 Å². The minimum absolute atomic E-state index is 0.603. The van der Waals surface area contributed by atoms with E-state index in [1.807, 2.05) is 18.4 Å². The van der Waals surface area contributed by atoms with Gasteiger partial charge in [0.25, 0.3) is 0 Å². The van der Waals surface area contributed by atoms with Crippen molar-refractivity contribution in [1.29, 1.82) is 0 Å². The Morgan fingerprint density at radius 2 is 1.95 bits per heavy atom. The summed E-state index contributed by atoms with van der Waals surface area (Å²) in [5.41, 5.74) is 3.77. The standard InChI is InChI=1S/C12H16N6S/c1-19-12-16-10(8-11(17-12)18-13)15-7-4-9-2-5-14-6-3-9/h2-3,5-6,8H,4,7,13H2,1H3,(H2,15,16,17,18). The van der Waals surface area contributed by atoms with Gasteiger partial charge in [-0.2, -0.15) is 0 Å². The molecule has 2 heterocycles. The first kappa shape index (κ1) is 13.6. The van der Waals surface area contributed by atoms with Crippen LogP contribution in [-0.4, -0.2) is 27.8 Å². The fraction of sp³-hybridized carbons (Fsp3) is 0.250. The van der Waals surface area contributed by atoms with E-state index in [4.69, 9.17) is 5.84 Å². The van der Waals surface area contributed by atoms with Gasteiger partial charge in [0.2, 0.25) is 0 Å². The van der Waals surface area contributed by atoms with E-state index in [1.54, 1.807) is 18.5 Å². The molecule has 0 aromatic carbocycles. The summed E-state index contributed by atoms with van der Waals surface area (Å²) < 4.78 is 0. The second-order valence-corrected chi connectivity index (χ2v) is 4.58. The largest absolute Gasteiger partial charge is 0.370 e. The second-order valence-electron chi connectivity index (χ2n) is 3.80. The van der Waals surface area contributed by atoms with Crippen molar-refractivity contribution in [1.82, 2.24) is 15.0 Å². The maximum Gasteiger partial charge on any atom is 0.191 e. The van der Waals surface area contributed by atoms with Crippen LogP contribution in [0, 0.1) is 0 Å². The molecule has 4 N–H and O–H groups in total. The first-order valence-electron chi connectivity index (χ1n) is 5.84. The number of thioether (sulfide) groups is 1. The Morgan fingerprint density at radius 3 is 2.63 bits per heavy atom. The lowest BCUT2D eigenvalue weighted by Crippen LogP contribution is -2.12. The fourth-order valence-corrected chi connectivity index (χ4v) is 1.94. The molecule has 6 nitrogen and oxygen atoms in total. The molecular weight excluding hydrogens is 260 g/mol. The van der Waals surface area contributed by atoms with Gasteiger partial charge in [-0.25, -0.2) is 15.8 Å². The Labute approximate surface area is 116 Å². The van der Waals surface area contributed by atoms with Crippen LogP contribution in [0.1, 0.15) is 5.56 Å². The van der Waals surface area contributed by atoms with Crippen LogP contribution in [0.4, 0.5) is 11.6 Å². The molecule has 2 aromatic rings. The number of nitrogens with two attached hydrogens (primary N) is 1. The maximum absolute atomic E-state index is 5.38. The van der Waals surface area contributed by atoms with Gasteiger partial charge in [0, 0.05) is 25.0 Å². The lowest BCUT2D eigenvalue weighted by molar-refractivity contribution is 0.938. The normalized spacial score (nSPS) is 10.2. The quantitative estimate of drug-likeness (QED) is 0.319. The summed E-state index contributed by atoms with van der Waals surface area (Å²) in [6, 6.07) is 5.79. The van der Waals surface area contributed by atoms with E-state index in [1.165, 1.54) is 17.3 Å². The lowest BCUT2D eigenvalue weighted by Gasteiger charge is -2.08. The number of rotatable bonds is 6. The van der Waals surface area contributed by atoms with Crippen molar-refractivity contribution >= 4 is 23.4 Å². The highest BCUT2D eigenvalue weighted by atomic mass is 32.2. The number of hydrazine groups is 1. The third-order valence-electron chi connectivity index (χ3n) is 2.51. The Hall–Kier alpha value is -1.86. The summed E-state index contributed by atoms with van der Waals surface area (Å²) in [4.78, 5) is 12.6. The van der Waals surface area contributed by atoms with Crippen LogP contribution in [0.2, 0.25) is 0 Å². The van der Waals surface area contributed by atoms with Gasteiger partial charge in [0.1, 0.15) is 11.6 Å². The summed E-state index contributed by atoms with van der Waals surface area (Å²) in [5, 5.41) is 3.94. The molecule has 2 aromatic heterocycles. The second kappa shape index (κ2) is 6.91. The van der Waals surface area contributed by atoms with Gasteiger partial charge >= 0.3 is 0 Å². The van der Waals surface area contributed by atoms with Gasteiger partial charge in [0.05, 0.1) is 0 Å². The zero-order valence-electron chi connectivity index (χ0n) is 10.6. The number of pyridine rings is 1. The molecule has 100 valence electrons. The predicted octanol–water partition coefficient (Wildman–Crippen LogP) is 1.53. The molecule has 7 heteroatoms. The van der Waals surface area contributed by atoms with E-state index < -0.39 is 0 Å². The summed E-state index contributed by atoms with van der Waals surface area (Å²) >= 11 is 1.48. The van der Waals surface area contributed by atoms with Gasteiger partial charge in [-0.3, -0.25) is 4.98 Å². The molecule has 19 heavy (non-hydrogen) atoms. The van der Waals surface area contributed by atoms with Crippen LogP contribution in [0.3, 0.4) is 0 Å². The summed E-state index contributed by atoms with van der Waals surface area (Å²) in [6.45, 7) is 0.791. The molecule has 0 aliphatic rings.